The second-order valence-corrected chi connectivity index (χ2v) is 4.23. The maximum atomic E-state index is 11.5. The summed E-state index contributed by atoms with van der Waals surface area (Å²) in [4.78, 5) is 11.5. The first kappa shape index (κ1) is 15.7. The number of hydrogen-bond acceptors (Lipinski definition) is 6. The van der Waals surface area contributed by atoms with E-state index in [-0.39, 0.29) is 13.2 Å². The van der Waals surface area contributed by atoms with Gasteiger partial charge < -0.3 is 25.8 Å². The molecule has 1 aromatic carbocycles. The Morgan fingerprint density at radius 3 is 2.47 bits per heavy atom. The van der Waals surface area contributed by atoms with Crippen LogP contribution < -0.4 is 5.73 Å². The molecule has 0 unspecified atom stereocenters. The summed E-state index contributed by atoms with van der Waals surface area (Å²) in [6.07, 6.45) is -3.16. The van der Waals surface area contributed by atoms with Crippen molar-refractivity contribution >= 4 is 5.78 Å². The summed E-state index contributed by atoms with van der Waals surface area (Å²) < 4.78 is 5.14. The minimum Gasteiger partial charge on any atom is -0.395 e. The van der Waals surface area contributed by atoms with E-state index in [0.29, 0.717) is 0 Å². The Labute approximate surface area is 111 Å². The van der Waals surface area contributed by atoms with Crippen LogP contribution in [0.1, 0.15) is 5.56 Å². The molecular formula is C13H19NO5. The highest BCUT2D eigenvalue weighted by molar-refractivity contribution is 5.84. The Morgan fingerprint density at radius 1 is 1.26 bits per heavy atom. The first-order valence-corrected chi connectivity index (χ1v) is 5.93. The lowest BCUT2D eigenvalue weighted by molar-refractivity contribution is -0.139. The van der Waals surface area contributed by atoms with E-state index in [1.807, 2.05) is 30.3 Å². The Morgan fingerprint density at radius 2 is 1.89 bits per heavy atom. The van der Waals surface area contributed by atoms with Crippen LogP contribution in [0, 0.1) is 0 Å². The molecule has 3 atom stereocenters. The van der Waals surface area contributed by atoms with E-state index >= 15 is 0 Å². The number of carbonyl (C=O) groups is 1. The summed E-state index contributed by atoms with van der Waals surface area (Å²) in [6.45, 7) is -0.608. The molecule has 6 heteroatoms. The number of carbonyl (C=O) groups excluding carboxylic acids is 1. The van der Waals surface area contributed by atoms with Gasteiger partial charge in [0.25, 0.3) is 0 Å². The molecule has 0 radical (unpaired) electrons. The second-order valence-electron chi connectivity index (χ2n) is 4.23. The zero-order valence-corrected chi connectivity index (χ0v) is 10.5. The zero-order chi connectivity index (χ0) is 14.3. The van der Waals surface area contributed by atoms with Gasteiger partial charge in [-0.3, -0.25) is 4.79 Å². The standard InChI is InChI=1S/C13H19NO5/c14-10(6-15)12(17)13(18)11(16)8-19-7-9-4-2-1-3-5-9/h1-5,10,12-13,15,17-18H,6-8,14H2/t10-,12+,13+/m0/s1. The second kappa shape index (κ2) is 7.98. The van der Waals surface area contributed by atoms with Crippen molar-refractivity contribution in [2.24, 2.45) is 5.73 Å². The van der Waals surface area contributed by atoms with Gasteiger partial charge in [-0.25, -0.2) is 0 Å². The van der Waals surface area contributed by atoms with E-state index in [9.17, 15) is 15.0 Å². The van der Waals surface area contributed by atoms with Gasteiger partial charge in [0.2, 0.25) is 0 Å². The van der Waals surface area contributed by atoms with Crippen LogP contribution in [-0.2, 0) is 16.1 Å². The summed E-state index contributed by atoms with van der Waals surface area (Å²) in [5.74, 6) is -0.674. The van der Waals surface area contributed by atoms with Gasteiger partial charge in [-0.15, -0.1) is 0 Å². The van der Waals surface area contributed by atoms with Crippen LogP contribution in [0.2, 0.25) is 0 Å². The highest BCUT2D eigenvalue weighted by Crippen LogP contribution is 2.03. The van der Waals surface area contributed by atoms with Crippen molar-refractivity contribution < 1.29 is 24.9 Å². The molecule has 0 heterocycles. The van der Waals surface area contributed by atoms with Crippen molar-refractivity contribution in [3.63, 3.8) is 0 Å². The Bertz CT molecular complexity index is 384. The van der Waals surface area contributed by atoms with Crippen LogP contribution in [0.5, 0.6) is 0 Å². The molecule has 6 nitrogen and oxygen atoms in total. The van der Waals surface area contributed by atoms with Gasteiger partial charge >= 0.3 is 0 Å². The fourth-order valence-electron chi connectivity index (χ4n) is 1.46. The Balaban J connectivity index is 2.35. The Kier molecular flexibility index (Phi) is 6.61. The van der Waals surface area contributed by atoms with Gasteiger partial charge in [0.1, 0.15) is 18.8 Å². The predicted octanol–water partition coefficient (Wildman–Crippen LogP) is -1.19. The monoisotopic (exact) mass is 269 g/mol. The maximum Gasteiger partial charge on any atom is 0.189 e. The highest BCUT2D eigenvalue weighted by atomic mass is 16.5. The van der Waals surface area contributed by atoms with Crippen LogP contribution in [0.25, 0.3) is 0 Å². The first-order valence-electron chi connectivity index (χ1n) is 5.93. The molecule has 106 valence electrons. The third kappa shape index (κ3) is 5.06. The molecule has 1 rings (SSSR count). The molecule has 5 N–H and O–H groups in total. The number of nitrogens with two attached hydrogens (primary N) is 1. The van der Waals surface area contributed by atoms with E-state index in [0.717, 1.165) is 5.56 Å². The molecule has 0 aliphatic rings. The minimum absolute atomic E-state index is 0.238. The molecule has 0 bridgehead atoms. The van der Waals surface area contributed by atoms with Crippen molar-refractivity contribution in [1.82, 2.24) is 0 Å². The molecule has 0 spiro atoms. The van der Waals surface area contributed by atoms with Crippen LogP contribution in [0.3, 0.4) is 0 Å². The molecule has 0 aliphatic carbocycles. The smallest absolute Gasteiger partial charge is 0.189 e. The van der Waals surface area contributed by atoms with Crippen molar-refractivity contribution in [3.8, 4) is 0 Å². The van der Waals surface area contributed by atoms with Gasteiger partial charge in [-0.1, -0.05) is 30.3 Å². The average molecular weight is 269 g/mol. The number of hydrogen-bond donors (Lipinski definition) is 4. The largest absolute Gasteiger partial charge is 0.395 e. The van der Waals surface area contributed by atoms with Crippen molar-refractivity contribution in [2.45, 2.75) is 24.9 Å². The summed E-state index contributed by atoms with van der Waals surface area (Å²) in [5.41, 5.74) is 6.22. The maximum absolute atomic E-state index is 11.5. The predicted molar refractivity (Wildman–Crippen MR) is 68.2 cm³/mol. The van der Waals surface area contributed by atoms with Crippen molar-refractivity contribution in [1.29, 1.82) is 0 Å². The number of ether oxygens (including phenoxy) is 1. The molecule has 0 aliphatic heterocycles. The summed E-state index contributed by atoms with van der Waals surface area (Å²) in [6, 6.07) is 8.19. The molecule has 0 saturated heterocycles. The van der Waals surface area contributed by atoms with E-state index in [1.165, 1.54) is 0 Å². The number of aliphatic hydroxyl groups excluding tert-OH is 3. The fraction of sp³-hybridized carbons (Fsp3) is 0.462. The third-order valence-corrected chi connectivity index (χ3v) is 2.66. The van der Waals surface area contributed by atoms with Gasteiger partial charge in [-0.05, 0) is 5.56 Å². The molecule has 1 aromatic rings. The quantitative estimate of drug-likeness (QED) is 0.472. The summed E-state index contributed by atoms with van der Waals surface area (Å²) in [7, 11) is 0. The lowest BCUT2D eigenvalue weighted by Gasteiger charge is -2.21. The normalized spacial score (nSPS) is 15.8. The van der Waals surface area contributed by atoms with Crippen LogP contribution in [0.4, 0.5) is 0 Å². The highest BCUT2D eigenvalue weighted by Gasteiger charge is 2.28. The van der Waals surface area contributed by atoms with Crippen molar-refractivity contribution in [3.05, 3.63) is 35.9 Å². The van der Waals surface area contributed by atoms with Crippen molar-refractivity contribution in [2.75, 3.05) is 13.2 Å². The molecule has 0 saturated carbocycles. The Hall–Kier alpha value is -1.31. The number of Topliss-reactive ketones (excluding diaryl/α,β-unsaturated/α-hetero) is 1. The minimum atomic E-state index is -1.65. The fourth-order valence-corrected chi connectivity index (χ4v) is 1.46. The van der Waals surface area contributed by atoms with Gasteiger partial charge in [0.15, 0.2) is 5.78 Å². The molecule has 19 heavy (non-hydrogen) atoms. The molecule has 0 aromatic heterocycles. The SMILES string of the molecule is N[C@@H](CO)[C@@H](O)[C@H](O)C(=O)COCc1ccccc1. The number of aliphatic hydroxyl groups is 3. The lowest BCUT2D eigenvalue weighted by atomic mass is 10.0. The average Bonchev–Trinajstić information content (AvgIpc) is 2.45. The number of rotatable bonds is 8. The zero-order valence-electron chi connectivity index (χ0n) is 10.5. The topological polar surface area (TPSA) is 113 Å². The van der Waals surface area contributed by atoms with Crippen LogP contribution >= 0.6 is 0 Å². The van der Waals surface area contributed by atoms with E-state index in [4.69, 9.17) is 15.6 Å². The van der Waals surface area contributed by atoms with Crippen LogP contribution in [-0.4, -0.2) is 52.6 Å². The number of ketones is 1. The molecule has 0 amide bonds. The van der Waals surface area contributed by atoms with E-state index < -0.39 is 30.6 Å². The summed E-state index contributed by atoms with van der Waals surface area (Å²) in [5, 5.41) is 27.7. The van der Waals surface area contributed by atoms with E-state index in [1.54, 1.807) is 0 Å². The first-order chi connectivity index (χ1) is 9.06. The third-order valence-electron chi connectivity index (χ3n) is 2.66. The molecular weight excluding hydrogens is 250 g/mol. The molecule has 0 fully saturated rings. The summed E-state index contributed by atoms with van der Waals surface area (Å²) >= 11 is 0. The van der Waals surface area contributed by atoms with Crippen LogP contribution in [0.15, 0.2) is 30.3 Å². The van der Waals surface area contributed by atoms with Gasteiger partial charge in [0, 0.05) is 0 Å². The lowest BCUT2D eigenvalue weighted by Crippen LogP contribution is -2.49. The van der Waals surface area contributed by atoms with Gasteiger partial charge in [-0.2, -0.15) is 0 Å². The number of benzene rings is 1. The van der Waals surface area contributed by atoms with Gasteiger partial charge in [0.05, 0.1) is 19.3 Å². The van der Waals surface area contributed by atoms with E-state index in [2.05, 4.69) is 0 Å².